The first kappa shape index (κ1) is 27.4. The molecule has 2 amide bonds. The Morgan fingerprint density at radius 2 is 1.82 bits per heavy atom. The zero-order valence-electron chi connectivity index (χ0n) is 22.5. The first-order valence-corrected chi connectivity index (χ1v) is 14.1. The maximum atomic E-state index is 13.2. The van der Waals surface area contributed by atoms with Crippen LogP contribution < -0.4 is 20.3 Å². The second-order valence-corrected chi connectivity index (χ2v) is 10.7. The summed E-state index contributed by atoms with van der Waals surface area (Å²) in [5.74, 6) is 1.12. The Morgan fingerprint density at radius 1 is 1.00 bits per heavy atom. The number of halogens is 1. The molecule has 0 aromatic heterocycles. The molecule has 2 aromatic carbocycles. The van der Waals surface area contributed by atoms with Gasteiger partial charge in [-0.1, -0.05) is 12.1 Å². The highest BCUT2D eigenvalue weighted by Crippen LogP contribution is 2.31. The Balaban J connectivity index is 1.20. The smallest absolute Gasteiger partial charge is 0.236 e. The fraction of sp³-hybridized carbons (Fsp3) is 0.533. The van der Waals surface area contributed by atoms with Crippen molar-refractivity contribution in [1.82, 2.24) is 15.5 Å². The molecule has 2 N–H and O–H groups in total. The first-order valence-electron chi connectivity index (χ1n) is 14.1. The number of nitrogens with zero attached hydrogens (tertiary/aromatic N) is 2. The number of carbonyl (C=O) groups excluding carboxylic acids is 2. The normalized spacial score (nSPS) is 22.5. The van der Waals surface area contributed by atoms with Crippen molar-refractivity contribution in [2.24, 2.45) is 11.8 Å². The Kier molecular flexibility index (Phi) is 9.32. The molecule has 2 fully saturated rings. The zero-order valence-corrected chi connectivity index (χ0v) is 22.5. The lowest BCUT2D eigenvalue weighted by molar-refractivity contribution is -0.133. The van der Waals surface area contributed by atoms with Crippen LogP contribution in [0.2, 0.25) is 0 Å². The van der Waals surface area contributed by atoms with Gasteiger partial charge in [0.05, 0.1) is 26.4 Å². The van der Waals surface area contributed by atoms with E-state index >= 15 is 0 Å². The minimum absolute atomic E-state index is 0.00469. The average molecular weight is 539 g/mol. The van der Waals surface area contributed by atoms with Gasteiger partial charge in [0, 0.05) is 56.9 Å². The van der Waals surface area contributed by atoms with Gasteiger partial charge in [-0.25, -0.2) is 4.39 Å². The van der Waals surface area contributed by atoms with E-state index in [1.54, 1.807) is 12.1 Å². The molecule has 0 unspecified atom stereocenters. The SMILES string of the molecule is O=C(C[C@@H]1CCN2C[C@@H]1CCCOc1ccc(N3CCOCC3)cc1CNCC2=O)NCc1ccc(F)cc1. The molecule has 3 aliphatic heterocycles. The number of piperidine rings is 1. The van der Waals surface area contributed by atoms with Crippen molar-refractivity contribution in [2.75, 3.05) is 57.4 Å². The number of fused-ring (bicyclic) bond motifs is 3. The number of benzene rings is 2. The van der Waals surface area contributed by atoms with E-state index in [0.29, 0.717) is 39.2 Å². The van der Waals surface area contributed by atoms with Gasteiger partial charge < -0.3 is 29.9 Å². The number of morpholine rings is 1. The number of carbonyl (C=O) groups is 2. The summed E-state index contributed by atoms with van der Waals surface area (Å²) in [5, 5.41) is 6.32. The predicted octanol–water partition coefficient (Wildman–Crippen LogP) is 3.10. The van der Waals surface area contributed by atoms with Crippen LogP contribution in [0.3, 0.4) is 0 Å². The van der Waals surface area contributed by atoms with Crippen molar-refractivity contribution in [2.45, 2.75) is 38.8 Å². The molecule has 39 heavy (non-hydrogen) atoms. The lowest BCUT2D eigenvalue weighted by Gasteiger charge is -2.38. The number of anilines is 1. The molecule has 3 heterocycles. The highest BCUT2D eigenvalue weighted by molar-refractivity contribution is 5.79. The quantitative estimate of drug-likeness (QED) is 0.609. The van der Waals surface area contributed by atoms with Crippen LogP contribution in [0.15, 0.2) is 42.5 Å². The molecule has 0 saturated carbocycles. The van der Waals surface area contributed by atoms with Gasteiger partial charge in [-0.2, -0.15) is 0 Å². The Hall–Kier alpha value is -3.17. The summed E-state index contributed by atoms with van der Waals surface area (Å²) in [6.45, 7) is 6.35. The number of hydrogen-bond donors (Lipinski definition) is 2. The van der Waals surface area contributed by atoms with Crippen molar-refractivity contribution in [3.63, 3.8) is 0 Å². The van der Waals surface area contributed by atoms with Gasteiger partial charge in [0.1, 0.15) is 11.6 Å². The number of nitrogens with one attached hydrogen (secondary N) is 2. The summed E-state index contributed by atoms with van der Waals surface area (Å²) in [7, 11) is 0. The summed E-state index contributed by atoms with van der Waals surface area (Å²) < 4.78 is 24.9. The molecular weight excluding hydrogens is 499 g/mol. The molecule has 0 aliphatic carbocycles. The van der Waals surface area contributed by atoms with Crippen LogP contribution in [0.4, 0.5) is 10.1 Å². The van der Waals surface area contributed by atoms with Crippen molar-refractivity contribution in [3.05, 3.63) is 59.4 Å². The van der Waals surface area contributed by atoms with Crippen molar-refractivity contribution < 1.29 is 23.5 Å². The Bertz CT molecular complexity index is 1120. The number of rotatable bonds is 5. The highest BCUT2D eigenvalue weighted by Gasteiger charge is 2.32. The lowest BCUT2D eigenvalue weighted by Crippen LogP contribution is -2.47. The van der Waals surface area contributed by atoms with E-state index in [1.807, 2.05) is 11.0 Å². The second kappa shape index (κ2) is 13.3. The van der Waals surface area contributed by atoms with Crippen LogP contribution in [-0.4, -0.2) is 69.3 Å². The molecule has 2 atom stereocenters. The van der Waals surface area contributed by atoms with Gasteiger partial charge in [0.2, 0.25) is 11.8 Å². The second-order valence-electron chi connectivity index (χ2n) is 10.7. The third-order valence-electron chi connectivity index (χ3n) is 8.08. The van der Waals surface area contributed by atoms with Crippen LogP contribution in [0.5, 0.6) is 5.75 Å². The van der Waals surface area contributed by atoms with Crippen LogP contribution in [0.1, 0.15) is 36.8 Å². The van der Waals surface area contributed by atoms with E-state index in [-0.39, 0.29) is 36.0 Å². The van der Waals surface area contributed by atoms with Gasteiger partial charge in [-0.15, -0.1) is 0 Å². The lowest BCUT2D eigenvalue weighted by atomic mass is 9.80. The van der Waals surface area contributed by atoms with Crippen molar-refractivity contribution in [1.29, 1.82) is 0 Å². The average Bonchev–Trinajstić information content (AvgIpc) is 2.97. The maximum absolute atomic E-state index is 13.2. The third-order valence-corrected chi connectivity index (χ3v) is 8.08. The monoisotopic (exact) mass is 538 g/mol. The largest absolute Gasteiger partial charge is 0.493 e. The van der Waals surface area contributed by atoms with Crippen molar-refractivity contribution in [3.8, 4) is 5.75 Å². The van der Waals surface area contributed by atoms with E-state index in [2.05, 4.69) is 27.7 Å². The van der Waals surface area contributed by atoms with Crippen molar-refractivity contribution >= 4 is 17.5 Å². The fourth-order valence-electron chi connectivity index (χ4n) is 5.82. The van der Waals surface area contributed by atoms with Crippen LogP contribution in [0, 0.1) is 17.7 Å². The molecule has 0 spiro atoms. The molecular formula is C30H39FN4O4. The van der Waals surface area contributed by atoms with Crippen LogP contribution in [0.25, 0.3) is 0 Å². The summed E-state index contributed by atoms with van der Waals surface area (Å²) in [6.07, 6.45) is 3.00. The van der Waals surface area contributed by atoms with E-state index in [0.717, 1.165) is 68.1 Å². The van der Waals surface area contributed by atoms with Gasteiger partial charge in [-0.3, -0.25) is 9.59 Å². The van der Waals surface area contributed by atoms with E-state index in [1.165, 1.54) is 12.1 Å². The summed E-state index contributed by atoms with van der Waals surface area (Å²) in [5.41, 5.74) is 3.08. The Labute approximate surface area is 229 Å². The molecule has 2 aromatic rings. The molecule has 2 bridgehead atoms. The topological polar surface area (TPSA) is 83.1 Å². The minimum atomic E-state index is -0.287. The van der Waals surface area contributed by atoms with Gasteiger partial charge in [-0.05, 0) is 67.0 Å². The standard InChI is InChI=1S/C30H39FN4O4/c31-26-5-3-22(4-6-26)18-33-29(36)17-23-9-10-35-21-24(23)2-1-13-39-28-8-7-27(34-11-14-38-15-12-34)16-25(28)19-32-20-30(35)37/h3-8,16,23-24,32H,1-2,9-15,17-21H2,(H,33,36)/t23-,24-/m0/s1. The zero-order chi connectivity index (χ0) is 27.0. The molecule has 9 heteroatoms. The predicted molar refractivity (Wildman–Crippen MR) is 147 cm³/mol. The van der Waals surface area contributed by atoms with Gasteiger partial charge in [0.25, 0.3) is 0 Å². The van der Waals surface area contributed by atoms with E-state index in [9.17, 15) is 14.0 Å². The molecule has 2 saturated heterocycles. The molecule has 8 nitrogen and oxygen atoms in total. The summed E-state index contributed by atoms with van der Waals surface area (Å²) in [4.78, 5) is 30.1. The van der Waals surface area contributed by atoms with Gasteiger partial charge in [0.15, 0.2) is 0 Å². The fourth-order valence-corrected chi connectivity index (χ4v) is 5.82. The third kappa shape index (κ3) is 7.48. The number of amides is 2. The van der Waals surface area contributed by atoms with E-state index < -0.39 is 0 Å². The first-order chi connectivity index (χ1) is 19.0. The molecule has 3 aliphatic rings. The highest BCUT2D eigenvalue weighted by atomic mass is 19.1. The Morgan fingerprint density at radius 3 is 2.64 bits per heavy atom. The molecule has 0 radical (unpaired) electrons. The minimum Gasteiger partial charge on any atom is -0.493 e. The molecule has 5 rings (SSSR count). The summed E-state index contributed by atoms with van der Waals surface area (Å²) in [6, 6.07) is 12.5. The number of ether oxygens (including phenoxy) is 2. The molecule has 210 valence electrons. The summed E-state index contributed by atoms with van der Waals surface area (Å²) >= 11 is 0. The van der Waals surface area contributed by atoms with Crippen LogP contribution in [-0.2, 0) is 27.4 Å². The number of hydrogen-bond acceptors (Lipinski definition) is 6. The van der Waals surface area contributed by atoms with Gasteiger partial charge >= 0.3 is 0 Å². The van der Waals surface area contributed by atoms with Crippen LogP contribution >= 0.6 is 0 Å². The van der Waals surface area contributed by atoms with E-state index in [4.69, 9.17) is 9.47 Å². The maximum Gasteiger partial charge on any atom is 0.236 e.